The van der Waals surface area contributed by atoms with Gasteiger partial charge in [-0.25, -0.2) is 4.79 Å². The van der Waals surface area contributed by atoms with Crippen LogP contribution in [0.4, 0.5) is 5.69 Å². The Hall–Kier alpha value is -1.12. The Morgan fingerprint density at radius 1 is 1.40 bits per heavy atom. The summed E-state index contributed by atoms with van der Waals surface area (Å²) in [6.45, 7) is 0. The van der Waals surface area contributed by atoms with Crippen LogP contribution in [0.2, 0.25) is 0 Å². The van der Waals surface area contributed by atoms with Crippen LogP contribution in [-0.4, -0.2) is 22.6 Å². The molecule has 0 radical (unpaired) electrons. The molecule has 1 saturated heterocycles. The molecule has 1 fully saturated rings. The minimum absolute atomic E-state index is 0.582. The van der Waals surface area contributed by atoms with Crippen LogP contribution >= 0.6 is 11.8 Å². The number of aromatic nitrogens is 1. The smallest absolute Gasteiger partial charge is 0.240 e. The van der Waals surface area contributed by atoms with Crippen molar-refractivity contribution in [2.45, 2.75) is 18.8 Å². The molecule has 2 rings (SSSR count). The van der Waals surface area contributed by atoms with Gasteiger partial charge in [-0.05, 0) is 36.5 Å². The zero-order valence-electron chi connectivity index (χ0n) is 8.35. The van der Waals surface area contributed by atoms with Crippen molar-refractivity contribution in [1.82, 2.24) is 4.98 Å². The average Bonchev–Trinajstić information content (AvgIpc) is 2.32. The molecule has 0 unspecified atom stereocenters. The fraction of sp³-hybridized carbons (Fsp3) is 0.455. The van der Waals surface area contributed by atoms with E-state index < -0.39 is 0 Å². The molecule has 1 aromatic heterocycles. The quantitative estimate of drug-likeness (QED) is 0.568. The van der Waals surface area contributed by atoms with Gasteiger partial charge in [0.05, 0.1) is 11.9 Å². The van der Waals surface area contributed by atoms with E-state index in [0.29, 0.717) is 11.6 Å². The van der Waals surface area contributed by atoms with Gasteiger partial charge in [-0.15, -0.1) is 0 Å². The number of hydrogen-bond acceptors (Lipinski definition) is 4. The van der Waals surface area contributed by atoms with Gasteiger partial charge >= 0.3 is 0 Å². The van der Waals surface area contributed by atoms with Gasteiger partial charge in [0, 0.05) is 11.6 Å². The van der Waals surface area contributed by atoms with Gasteiger partial charge in [0.2, 0.25) is 6.08 Å². The first-order valence-electron chi connectivity index (χ1n) is 5.02. The van der Waals surface area contributed by atoms with Gasteiger partial charge in [-0.2, -0.15) is 16.8 Å². The van der Waals surface area contributed by atoms with Crippen LogP contribution < -0.4 is 0 Å². The van der Waals surface area contributed by atoms with Gasteiger partial charge in [0.15, 0.2) is 0 Å². The zero-order valence-corrected chi connectivity index (χ0v) is 9.17. The molecular weight excluding hydrogens is 208 g/mol. The van der Waals surface area contributed by atoms with Crippen LogP contribution in [0.5, 0.6) is 0 Å². The summed E-state index contributed by atoms with van der Waals surface area (Å²) < 4.78 is 0. The third-order valence-corrected chi connectivity index (χ3v) is 3.63. The van der Waals surface area contributed by atoms with Gasteiger partial charge in [0.1, 0.15) is 0 Å². The van der Waals surface area contributed by atoms with Crippen LogP contribution in [0.1, 0.15) is 24.5 Å². The molecule has 2 heterocycles. The molecule has 0 saturated carbocycles. The first kappa shape index (κ1) is 10.4. The van der Waals surface area contributed by atoms with Crippen LogP contribution in [0.25, 0.3) is 0 Å². The molecule has 0 N–H and O–H groups in total. The molecule has 0 aromatic carbocycles. The molecule has 0 atom stereocenters. The Balaban J connectivity index is 2.11. The summed E-state index contributed by atoms with van der Waals surface area (Å²) >= 11 is 2.01. The second kappa shape index (κ2) is 5.10. The second-order valence-electron chi connectivity index (χ2n) is 3.53. The third-order valence-electron chi connectivity index (χ3n) is 2.59. The van der Waals surface area contributed by atoms with Gasteiger partial charge in [0.25, 0.3) is 0 Å². The Bertz CT molecular complexity index is 365. The highest BCUT2D eigenvalue weighted by Crippen LogP contribution is 2.30. The standard InChI is InChI=1S/C11H12N2OS/c14-8-13-10-1-2-11(12-7-10)9-3-5-15-6-4-9/h1-2,7,9H,3-6H2. The first-order chi connectivity index (χ1) is 7.40. The Labute approximate surface area is 93.0 Å². The molecule has 3 nitrogen and oxygen atoms in total. The van der Waals surface area contributed by atoms with Crippen molar-refractivity contribution < 1.29 is 4.79 Å². The van der Waals surface area contributed by atoms with Crippen molar-refractivity contribution in [3.63, 3.8) is 0 Å². The summed E-state index contributed by atoms with van der Waals surface area (Å²) in [4.78, 5) is 17.9. The minimum atomic E-state index is 0.582. The van der Waals surface area contributed by atoms with Crippen LogP contribution in [0, 0.1) is 0 Å². The lowest BCUT2D eigenvalue weighted by atomic mass is 9.98. The molecule has 0 spiro atoms. The molecule has 0 aliphatic carbocycles. The van der Waals surface area contributed by atoms with E-state index >= 15 is 0 Å². The molecule has 1 aliphatic rings. The summed E-state index contributed by atoms with van der Waals surface area (Å²) in [5.74, 6) is 3.03. The summed E-state index contributed by atoms with van der Waals surface area (Å²) in [5.41, 5.74) is 1.71. The van der Waals surface area contributed by atoms with Crippen molar-refractivity contribution in [1.29, 1.82) is 0 Å². The van der Waals surface area contributed by atoms with Gasteiger partial charge in [-0.3, -0.25) is 4.98 Å². The number of hydrogen-bond donors (Lipinski definition) is 0. The van der Waals surface area contributed by atoms with Crippen molar-refractivity contribution in [2.75, 3.05) is 11.5 Å². The van der Waals surface area contributed by atoms with Crippen LogP contribution in [0.3, 0.4) is 0 Å². The molecule has 1 aliphatic heterocycles. The maximum Gasteiger partial charge on any atom is 0.240 e. The number of carbonyl (C=O) groups excluding carboxylic acids is 1. The number of pyridine rings is 1. The van der Waals surface area contributed by atoms with Crippen molar-refractivity contribution in [3.8, 4) is 0 Å². The highest BCUT2D eigenvalue weighted by atomic mass is 32.2. The maximum absolute atomic E-state index is 10.0. The normalized spacial score (nSPS) is 17.1. The summed E-state index contributed by atoms with van der Waals surface area (Å²) in [7, 11) is 0. The van der Waals surface area contributed by atoms with E-state index in [9.17, 15) is 4.79 Å². The summed E-state index contributed by atoms with van der Waals surface area (Å²) in [6.07, 6.45) is 5.56. The van der Waals surface area contributed by atoms with Crippen LogP contribution in [-0.2, 0) is 4.79 Å². The SMILES string of the molecule is O=C=Nc1ccc(C2CCSCC2)nc1. The number of thioether (sulfide) groups is 1. The fourth-order valence-electron chi connectivity index (χ4n) is 1.75. The molecule has 15 heavy (non-hydrogen) atoms. The molecule has 0 bridgehead atoms. The van der Waals surface area contributed by atoms with Crippen molar-refractivity contribution >= 4 is 23.5 Å². The fourth-order valence-corrected chi connectivity index (χ4v) is 2.86. The molecule has 4 heteroatoms. The topological polar surface area (TPSA) is 42.3 Å². The van der Waals surface area contributed by atoms with Gasteiger partial charge < -0.3 is 0 Å². The third kappa shape index (κ3) is 2.67. The lowest BCUT2D eigenvalue weighted by molar-refractivity contribution is 0.565. The first-order valence-corrected chi connectivity index (χ1v) is 6.17. The summed E-state index contributed by atoms with van der Waals surface area (Å²) in [6, 6.07) is 3.80. The molecular formula is C11H12N2OS. The van der Waals surface area contributed by atoms with Crippen LogP contribution in [0.15, 0.2) is 23.3 Å². The van der Waals surface area contributed by atoms with E-state index in [0.717, 1.165) is 5.69 Å². The molecule has 1 aromatic rings. The van der Waals surface area contributed by atoms with E-state index in [4.69, 9.17) is 0 Å². The zero-order chi connectivity index (χ0) is 10.5. The van der Waals surface area contributed by atoms with Crippen molar-refractivity contribution in [2.24, 2.45) is 4.99 Å². The lowest BCUT2D eigenvalue weighted by Gasteiger charge is -2.20. The van der Waals surface area contributed by atoms with E-state index in [1.807, 2.05) is 23.9 Å². The Morgan fingerprint density at radius 3 is 2.80 bits per heavy atom. The highest BCUT2D eigenvalue weighted by Gasteiger charge is 2.16. The molecule has 0 amide bonds. The lowest BCUT2D eigenvalue weighted by Crippen LogP contribution is -2.08. The Kier molecular flexibility index (Phi) is 3.54. The van der Waals surface area contributed by atoms with E-state index in [1.165, 1.54) is 30.4 Å². The predicted molar refractivity (Wildman–Crippen MR) is 61.3 cm³/mol. The number of isocyanates is 1. The number of aliphatic imine (C=N–C) groups is 1. The van der Waals surface area contributed by atoms with E-state index in [2.05, 4.69) is 9.98 Å². The summed E-state index contributed by atoms with van der Waals surface area (Å²) in [5, 5.41) is 0. The van der Waals surface area contributed by atoms with E-state index in [1.54, 1.807) is 6.20 Å². The minimum Gasteiger partial charge on any atom is -0.259 e. The van der Waals surface area contributed by atoms with Crippen molar-refractivity contribution in [3.05, 3.63) is 24.0 Å². The predicted octanol–water partition coefficient (Wildman–Crippen LogP) is 2.66. The van der Waals surface area contributed by atoms with E-state index in [-0.39, 0.29) is 0 Å². The molecule has 78 valence electrons. The highest BCUT2D eigenvalue weighted by molar-refractivity contribution is 7.99. The van der Waals surface area contributed by atoms with Gasteiger partial charge in [-0.1, -0.05) is 0 Å². The number of rotatable bonds is 2. The largest absolute Gasteiger partial charge is 0.259 e. The number of nitrogens with zero attached hydrogens (tertiary/aromatic N) is 2. The maximum atomic E-state index is 10.0. The average molecular weight is 220 g/mol. The second-order valence-corrected chi connectivity index (χ2v) is 4.76. The Morgan fingerprint density at radius 2 is 2.20 bits per heavy atom. The monoisotopic (exact) mass is 220 g/mol.